The average Bonchev–Trinajstić information content (AvgIpc) is 1.27. The number of rotatable bonds is 81. The van der Waals surface area contributed by atoms with E-state index < -0.39 is 97.5 Å². The molecule has 3 N–H and O–H groups in total. The van der Waals surface area contributed by atoms with Gasteiger partial charge in [0.25, 0.3) is 0 Å². The fourth-order valence-corrected chi connectivity index (χ4v) is 14.4. The summed E-state index contributed by atoms with van der Waals surface area (Å²) in [6, 6.07) is 0. The van der Waals surface area contributed by atoms with Crippen LogP contribution in [-0.2, 0) is 65.4 Å². The number of hydrogen-bond acceptors (Lipinski definition) is 15. The topological polar surface area (TPSA) is 237 Å². The van der Waals surface area contributed by atoms with Crippen molar-refractivity contribution in [1.82, 2.24) is 0 Å². The van der Waals surface area contributed by atoms with Crippen molar-refractivity contribution in [3.05, 3.63) is 0 Å². The Labute approximate surface area is 626 Å². The number of carbonyl (C=O) groups excluding carboxylic acids is 4. The maximum Gasteiger partial charge on any atom is 0.472 e. The van der Waals surface area contributed by atoms with Crippen LogP contribution in [0.2, 0.25) is 0 Å². The number of unbranched alkanes of at least 4 members (excludes halogenated alkanes) is 47. The van der Waals surface area contributed by atoms with E-state index in [0.29, 0.717) is 25.7 Å². The molecule has 0 heterocycles. The Balaban J connectivity index is 5.15. The molecular weight excluding hydrogens is 1330 g/mol. The summed E-state index contributed by atoms with van der Waals surface area (Å²) >= 11 is 0. The molecule has 19 heteroatoms. The fourth-order valence-electron chi connectivity index (χ4n) is 12.8. The summed E-state index contributed by atoms with van der Waals surface area (Å²) in [5, 5.41) is 10.6. The van der Waals surface area contributed by atoms with E-state index in [1.807, 2.05) is 0 Å². The van der Waals surface area contributed by atoms with Crippen molar-refractivity contribution < 1.29 is 80.2 Å². The van der Waals surface area contributed by atoms with E-state index in [2.05, 4.69) is 48.5 Å². The van der Waals surface area contributed by atoms with Gasteiger partial charge in [-0.05, 0) is 43.4 Å². The molecule has 0 fully saturated rings. The van der Waals surface area contributed by atoms with Gasteiger partial charge in [-0.2, -0.15) is 0 Å². The van der Waals surface area contributed by atoms with Crippen LogP contribution >= 0.6 is 15.6 Å². The highest BCUT2D eigenvalue weighted by molar-refractivity contribution is 7.47. The van der Waals surface area contributed by atoms with Gasteiger partial charge in [0, 0.05) is 25.7 Å². The van der Waals surface area contributed by atoms with Crippen LogP contribution in [0.5, 0.6) is 0 Å². The Morgan fingerprint density at radius 3 is 0.745 bits per heavy atom. The van der Waals surface area contributed by atoms with Crippen LogP contribution in [0.25, 0.3) is 0 Å². The van der Waals surface area contributed by atoms with Gasteiger partial charge in [0.05, 0.1) is 26.4 Å². The predicted octanol–water partition coefficient (Wildman–Crippen LogP) is 24.9. The zero-order valence-electron chi connectivity index (χ0n) is 67.1. The lowest BCUT2D eigenvalue weighted by Crippen LogP contribution is -2.30. The van der Waals surface area contributed by atoms with Crippen LogP contribution in [0.3, 0.4) is 0 Å². The summed E-state index contributed by atoms with van der Waals surface area (Å²) in [6.07, 6.45) is 62.7. The number of phosphoric ester groups is 2. The van der Waals surface area contributed by atoms with Gasteiger partial charge in [-0.3, -0.25) is 37.3 Å². The highest BCUT2D eigenvalue weighted by atomic mass is 31.2. The number of phosphoric acid groups is 2. The minimum absolute atomic E-state index is 0.105. The van der Waals surface area contributed by atoms with E-state index in [1.165, 1.54) is 231 Å². The van der Waals surface area contributed by atoms with E-state index in [-0.39, 0.29) is 25.7 Å². The Kier molecular flexibility index (Phi) is 71.8. The molecule has 17 nitrogen and oxygen atoms in total. The van der Waals surface area contributed by atoms with Gasteiger partial charge in [0.1, 0.15) is 19.3 Å². The molecule has 102 heavy (non-hydrogen) atoms. The van der Waals surface area contributed by atoms with E-state index in [1.54, 1.807) is 0 Å². The first-order chi connectivity index (χ1) is 49.3. The molecule has 0 rings (SSSR count). The smallest absolute Gasteiger partial charge is 0.462 e. The number of esters is 4. The number of carbonyl (C=O) groups is 4. The Hall–Kier alpha value is -1.94. The average molecular weight is 1490 g/mol. The van der Waals surface area contributed by atoms with Crippen molar-refractivity contribution >= 4 is 39.5 Å². The van der Waals surface area contributed by atoms with Crippen molar-refractivity contribution in [1.29, 1.82) is 0 Å². The van der Waals surface area contributed by atoms with Crippen LogP contribution in [0.1, 0.15) is 434 Å². The first-order valence-electron chi connectivity index (χ1n) is 42.9. The summed E-state index contributed by atoms with van der Waals surface area (Å²) in [5.74, 6) is 0.348. The van der Waals surface area contributed by atoms with Crippen molar-refractivity contribution in [2.75, 3.05) is 39.6 Å². The summed E-state index contributed by atoms with van der Waals surface area (Å²) in [4.78, 5) is 72.9. The molecule has 0 aliphatic carbocycles. The second kappa shape index (κ2) is 73.2. The van der Waals surface area contributed by atoms with Gasteiger partial charge in [-0.25, -0.2) is 9.13 Å². The van der Waals surface area contributed by atoms with Gasteiger partial charge in [0.15, 0.2) is 12.2 Å². The molecule has 0 aliphatic rings. The van der Waals surface area contributed by atoms with E-state index in [4.69, 9.17) is 37.0 Å². The molecule has 0 amide bonds. The van der Waals surface area contributed by atoms with Gasteiger partial charge in [-0.15, -0.1) is 0 Å². The maximum absolute atomic E-state index is 13.1. The van der Waals surface area contributed by atoms with Gasteiger partial charge >= 0.3 is 39.5 Å². The van der Waals surface area contributed by atoms with Crippen LogP contribution < -0.4 is 0 Å². The van der Waals surface area contributed by atoms with Crippen molar-refractivity contribution in [2.45, 2.75) is 452 Å². The molecule has 606 valence electrons. The van der Waals surface area contributed by atoms with Crippen LogP contribution in [0, 0.1) is 17.8 Å². The molecule has 0 aromatic heterocycles. The monoisotopic (exact) mass is 1490 g/mol. The molecule has 0 bridgehead atoms. The fraction of sp³-hybridized carbons (Fsp3) is 0.952. The standard InChI is InChI=1S/C83H162O17P2/c1-8-11-12-13-40-50-57-64-80(85)93-70-78(100-83(88)67-60-53-46-39-38-43-49-56-63-76(7)10-3)72-97-101(89,90)95-68-77(84)69-96-102(91,92)98-73-79(71-94-81(86)65-58-51-44-36-32-28-24-20-16-14-18-22-26-30-34-41-47-54-61-74(4)5)99-82(87)66-59-52-45-37-33-29-25-21-17-15-19-23-27-31-35-42-48-55-62-75(6)9-2/h74-79,84H,8-73H2,1-7H3,(H,89,90)(H,91,92)/t75?,76?,77-,78+,79+/m0/s1. The number of aliphatic hydroxyl groups is 1. The summed E-state index contributed by atoms with van der Waals surface area (Å²) in [6.45, 7) is 12.0. The second-order valence-electron chi connectivity index (χ2n) is 30.8. The van der Waals surface area contributed by atoms with Crippen molar-refractivity contribution in [3.63, 3.8) is 0 Å². The van der Waals surface area contributed by atoms with Gasteiger partial charge in [-0.1, -0.05) is 382 Å². The first kappa shape index (κ1) is 100. The molecular formula is C83H162O17P2. The predicted molar refractivity (Wildman–Crippen MR) is 418 cm³/mol. The van der Waals surface area contributed by atoms with Crippen LogP contribution in [0.15, 0.2) is 0 Å². The maximum atomic E-state index is 13.1. The highest BCUT2D eigenvalue weighted by Crippen LogP contribution is 2.45. The Morgan fingerprint density at radius 2 is 0.500 bits per heavy atom. The number of aliphatic hydroxyl groups excluding tert-OH is 1. The Bertz CT molecular complexity index is 1980. The molecule has 0 aliphatic heterocycles. The lowest BCUT2D eigenvalue weighted by molar-refractivity contribution is -0.161. The SMILES string of the molecule is CCCCCCCCCC(=O)OC[C@H](COP(=O)(O)OC[C@H](O)COP(=O)(O)OC[C@@H](COC(=O)CCCCCCCCCCCCCCCCCCCCC(C)C)OC(=O)CCCCCCCCCCCCCCCCCCCCC(C)CC)OC(=O)CCCCCCCCCCC(C)CC. The highest BCUT2D eigenvalue weighted by Gasteiger charge is 2.30. The van der Waals surface area contributed by atoms with E-state index in [9.17, 15) is 43.2 Å². The van der Waals surface area contributed by atoms with Crippen LogP contribution in [0.4, 0.5) is 0 Å². The third-order valence-electron chi connectivity index (χ3n) is 20.1. The van der Waals surface area contributed by atoms with E-state index >= 15 is 0 Å². The third kappa shape index (κ3) is 73.6. The molecule has 0 saturated carbocycles. The third-order valence-corrected chi connectivity index (χ3v) is 22.0. The minimum atomic E-state index is -4.96. The Morgan fingerprint density at radius 1 is 0.284 bits per heavy atom. The van der Waals surface area contributed by atoms with Crippen molar-refractivity contribution in [3.8, 4) is 0 Å². The molecule has 0 aromatic rings. The second-order valence-corrected chi connectivity index (χ2v) is 33.7. The van der Waals surface area contributed by atoms with Crippen LogP contribution in [-0.4, -0.2) is 96.7 Å². The quantitative estimate of drug-likeness (QED) is 0.0222. The zero-order chi connectivity index (χ0) is 75.1. The van der Waals surface area contributed by atoms with Gasteiger partial charge < -0.3 is 33.8 Å². The molecule has 0 radical (unpaired) electrons. The molecule has 4 unspecified atom stereocenters. The normalized spacial score (nSPS) is 14.5. The zero-order valence-corrected chi connectivity index (χ0v) is 68.9. The first-order valence-corrected chi connectivity index (χ1v) is 45.9. The summed E-state index contributed by atoms with van der Waals surface area (Å²) < 4.78 is 68.6. The number of ether oxygens (including phenoxy) is 4. The summed E-state index contributed by atoms with van der Waals surface area (Å²) in [7, 11) is -9.92. The van der Waals surface area contributed by atoms with Gasteiger partial charge in [0.2, 0.25) is 0 Å². The minimum Gasteiger partial charge on any atom is -0.462 e. The lowest BCUT2D eigenvalue weighted by Gasteiger charge is -2.21. The summed E-state index contributed by atoms with van der Waals surface area (Å²) in [5.41, 5.74) is 0. The molecule has 0 saturated heterocycles. The number of hydrogen-bond donors (Lipinski definition) is 3. The van der Waals surface area contributed by atoms with Crippen molar-refractivity contribution in [2.24, 2.45) is 17.8 Å². The van der Waals surface area contributed by atoms with E-state index in [0.717, 1.165) is 120 Å². The molecule has 0 aromatic carbocycles. The largest absolute Gasteiger partial charge is 0.472 e. The lowest BCUT2D eigenvalue weighted by atomic mass is 9.99. The molecule has 7 atom stereocenters. The molecule has 0 spiro atoms.